The molecule has 0 aliphatic rings. The smallest absolute Gasteiger partial charge is 0.335 e. The van der Waals surface area contributed by atoms with E-state index in [-0.39, 0.29) is 5.56 Å². The van der Waals surface area contributed by atoms with Crippen molar-refractivity contribution in [1.82, 2.24) is 0 Å². The summed E-state index contributed by atoms with van der Waals surface area (Å²) in [7, 11) is 0. The van der Waals surface area contributed by atoms with Crippen LogP contribution in [0.2, 0.25) is 0 Å². The van der Waals surface area contributed by atoms with E-state index in [0.29, 0.717) is 11.1 Å². The van der Waals surface area contributed by atoms with E-state index in [1.807, 2.05) is 12.1 Å². The van der Waals surface area contributed by atoms with Crippen LogP contribution in [0.15, 0.2) is 42.5 Å². The highest BCUT2D eigenvalue weighted by Gasteiger charge is 2.11. The highest BCUT2D eigenvalue weighted by Crippen LogP contribution is 2.26. The number of carbonyl (C=O) groups is 1. The Labute approximate surface area is 105 Å². The van der Waals surface area contributed by atoms with E-state index in [1.165, 1.54) is 0 Å². The lowest BCUT2D eigenvalue weighted by molar-refractivity contribution is 0.0696. The maximum Gasteiger partial charge on any atom is 0.335 e. The Hall–Kier alpha value is -2.60. The first-order chi connectivity index (χ1) is 8.63. The zero-order chi connectivity index (χ0) is 13.1. The van der Waals surface area contributed by atoms with Crippen LogP contribution in [0.4, 0.5) is 0 Å². The Bertz CT molecular complexity index is 654. The van der Waals surface area contributed by atoms with Crippen LogP contribution in [0.3, 0.4) is 0 Å². The molecule has 0 spiro atoms. The van der Waals surface area contributed by atoms with Crippen molar-refractivity contribution in [2.75, 3.05) is 0 Å². The van der Waals surface area contributed by atoms with Crippen LogP contribution in [0, 0.1) is 18.3 Å². The molecule has 0 aliphatic carbocycles. The molecular formula is C15H11NO2. The lowest BCUT2D eigenvalue weighted by Gasteiger charge is -2.09. The molecule has 0 unspecified atom stereocenters. The zero-order valence-electron chi connectivity index (χ0n) is 9.84. The van der Waals surface area contributed by atoms with Gasteiger partial charge in [-0.25, -0.2) is 4.79 Å². The van der Waals surface area contributed by atoms with Crippen LogP contribution in [0.5, 0.6) is 0 Å². The first kappa shape index (κ1) is 11.9. The van der Waals surface area contributed by atoms with Gasteiger partial charge in [0.2, 0.25) is 0 Å². The van der Waals surface area contributed by atoms with Crippen molar-refractivity contribution in [2.45, 2.75) is 6.92 Å². The third-order valence-corrected chi connectivity index (χ3v) is 2.87. The highest BCUT2D eigenvalue weighted by molar-refractivity contribution is 5.92. The van der Waals surface area contributed by atoms with Gasteiger partial charge in [-0.2, -0.15) is 5.26 Å². The van der Waals surface area contributed by atoms with Crippen LogP contribution in [0.25, 0.3) is 11.1 Å². The molecule has 0 fully saturated rings. The van der Waals surface area contributed by atoms with Gasteiger partial charge in [-0.3, -0.25) is 0 Å². The SMILES string of the molecule is Cc1c(C(=O)O)cccc1-c1cccc(C#N)c1. The molecule has 0 bridgehead atoms. The van der Waals surface area contributed by atoms with Gasteiger partial charge in [0.25, 0.3) is 0 Å². The van der Waals surface area contributed by atoms with Gasteiger partial charge in [-0.15, -0.1) is 0 Å². The standard InChI is InChI=1S/C15H11NO2/c1-10-13(6-3-7-14(10)15(17)18)12-5-2-4-11(8-12)9-16/h2-8H,1H3,(H,17,18). The van der Waals surface area contributed by atoms with E-state index >= 15 is 0 Å². The lowest BCUT2D eigenvalue weighted by atomic mass is 9.95. The van der Waals surface area contributed by atoms with Crippen molar-refractivity contribution < 1.29 is 9.90 Å². The molecule has 1 N–H and O–H groups in total. The van der Waals surface area contributed by atoms with Crippen molar-refractivity contribution in [3.8, 4) is 17.2 Å². The number of benzene rings is 2. The molecule has 0 saturated heterocycles. The van der Waals surface area contributed by atoms with Crippen molar-refractivity contribution in [1.29, 1.82) is 5.26 Å². The topological polar surface area (TPSA) is 61.1 Å². The average Bonchev–Trinajstić information content (AvgIpc) is 2.38. The number of nitriles is 1. The monoisotopic (exact) mass is 237 g/mol. The molecule has 0 aliphatic heterocycles. The van der Waals surface area contributed by atoms with E-state index in [4.69, 9.17) is 10.4 Å². The van der Waals surface area contributed by atoms with Crippen molar-refractivity contribution in [3.05, 3.63) is 59.2 Å². The number of rotatable bonds is 2. The van der Waals surface area contributed by atoms with Crippen LogP contribution < -0.4 is 0 Å². The molecule has 18 heavy (non-hydrogen) atoms. The Morgan fingerprint density at radius 2 is 1.94 bits per heavy atom. The number of aromatic carboxylic acids is 1. The molecule has 0 atom stereocenters. The average molecular weight is 237 g/mol. The molecule has 2 rings (SSSR count). The number of hydrogen-bond donors (Lipinski definition) is 1. The molecule has 0 amide bonds. The number of carboxylic acids is 1. The number of carboxylic acid groups (broad SMARTS) is 1. The summed E-state index contributed by atoms with van der Waals surface area (Å²) in [6.07, 6.45) is 0. The van der Waals surface area contributed by atoms with Crippen molar-refractivity contribution >= 4 is 5.97 Å². The zero-order valence-corrected chi connectivity index (χ0v) is 9.84. The molecule has 0 aromatic heterocycles. The summed E-state index contributed by atoms with van der Waals surface area (Å²) in [5, 5.41) is 18.0. The minimum absolute atomic E-state index is 0.287. The molecule has 0 radical (unpaired) electrons. The van der Waals surface area contributed by atoms with E-state index < -0.39 is 5.97 Å². The van der Waals surface area contributed by atoms with Gasteiger partial charge >= 0.3 is 5.97 Å². The maximum absolute atomic E-state index is 11.1. The van der Waals surface area contributed by atoms with E-state index in [9.17, 15) is 4.79 Å². The Kier molecular flexibility index (Phi) is 3.11. The molecule has 88 valence electrons. The second kappa shape index (κ2) is 4.72. The van der Waals surface area contributed by atoms with E-state index in [0.717, 1.165) is 11.1 Å². The second-order valence-electron chi connectivity index (χ2n) is 3.98. The van der Waals surface area contributed by atoms with Gasteiger partial charge in [0.15, 0.2) is 0 Å². The summed E-state index contributed by atoms with van der Waals surface area (Å²) in [6, 6.07) is 14.4. The summed E-state index contributed by atoms with van der Waals surface area (Å²) in [5.41, 5.74) is 3.25. The minimum atomic E-state index is -0.939. The lowest BCUT2D eigenvalue weighted by Crippen LogP contribution is -2.00. The first-order valence-electron chi connectivity index (χ1n) is 5.47. The third-order valence-electron chi connectivity index (χ3n) is 2.87. The Morgan fingerprint density at radius 3 is 2.61 bits per heavy atom. The van der Waals surface area contributed by atoms with Gasteiger partial charge < -0.3 is 5.11 Å². The molecule has 0 saturated carbocycles. The summed E-state index contributed by atoms with van der Waals surface area (Å²) in [5.74, 6) is -0.939. The van der Waals surface area contributed by atoms with Gasteiger partial charge in [0.05, 0.1) is 17.2 Å². The third kappa shape index (κ3) is 2.09. The fraction of sp³-hybridized carbons (Fsp3) is 0.0667. The predicted octanol–water partition coefficient (Wildman–Crippen LogP) is 3.23. The summed E-state index contributed by atoms with van der Waals surface area (Å²) in [6.45, 7) is 1.78. The number of nitrogens with zero attached hydrogens (tertiary/aromatic N) is 1. The molecule has 2 aromatic rings. The highest BCUT2D eigenvalue weighted by atomic mass is 16.4. The number of hydrogen-bond acceptors (Lipinski definition) is 2. The fourth-order valence-corrected chi connectivity index (χ4v) is 1.94. The van der Waals surface area contributed by atoms with E-state index in [1.54, 1.807) is 37.3 Å². The normalized spacial score (nSPS) is 9.78. The largest absolute Gasteiger partial charge is 0.478 e. The van der Waals surface area contributed by atoms with E-state index in [2.05, 4.69) is 6.07 Å². The van der Waals surface area contributed by atoms with Crippen LogP contribution in [0.1, 0.15) is 21.5 Å². The minimum Gasteiger partial charge on any atom is -0.478 e. The molecule has 3 heteroatoms. The first-order valence-corrected chi connectivity index (χ1v) is 5.47. The van der Waals surface area contributed by atoms with Crippen molar-refractivity contribution in [2.24, 2.45) is 0 Å². The second-order valence-corrected chi connectivity index (χ2v) is 3.98. The van der Waals surface area contributed by atoms with Gasteiger partial charge in [0, 0.05) is 0 Å². The van der Waals surface area contributed by atoms with Gasteiger partial charge in [0.1, 0.15) is 0 Å². The molecular weight excluding hydrogens is 226 g/mol. The van der Waals surface area contributed by atoms with Crippen LogP contribution in [-0.2, 0) is 0 Å². The fourth-order valence-electron chi connectivity index (χ4n) is 1.94. The van der Waals surface area contributed by atoms with Crippen LogP contribution in [-0.4, -0.2) is 11.1 Å². The summed E-state index contributed by atoms with van der Waals surface area (Å²) < 4.78 is 0. The summed E-state index contributed by atoms with van der Waals surface area (Å²) >= 11 is 0. The molecule has 0 heterocycles. The van der Waals surface area contributed by atoms with Gasteiger partial charge in [-0.1, -0.05) is 24.3 Å². The Morgan fingerprint density at radius 1 is 1.22 bits per heavy atom. The van der Waals surface area contributed by atoms with Crippen LogP contribution >= 0.6 is 0 Å². The molecule has 3 nitrogen and oxygen atoms in total. The maximum atomic E-state index is 11.1. The summed E-state index contributed by atoms with van der Waals surface area (Å²) in [4.78, 5) is 11.1. The molecule has 2 aromatic carbocycles. The van der Waals surface area contributed by atoms with Crippen molar-refractivity contribution in [3.63, 3.8) is 0 Å². The van der Waals surface area contributed by atoms with Gasteiger partial charge in [-0.05, 0) is 41.8 Å². The quantitative estimate of drug-likeness (QED) is 0.872. The Balaban J connectivity index is 2.61. The predicted molar refractivity (Wildman–Crippen MR) is 68.3 cm³/mol.